The first kappa shape index (κ1) is 16.9. The molecule has 0 atom stereocenters. The molecule has 0 saturated heterocycles. The van der Waals surface area contributed by atoms with E-state index in [2.05, 4.69) is 36.3 Å². The average molecular weight is 279 g/mol. The molecular weight excluding hydrogens is 250 g/mol. The largest absolute Gasteiger partial charge is 0.477 e. The van der Waals surface area contributed by atoms with E-state index in [-0.39, 0.29) is 0 Å². The van der Waals surface area contributed by atoms with Crippen molar-refractivity contribution in [3.8, 4) is 5.88 Å². The van der Waals surface area contributed by atoms with E-state index in [9.17, 15) is 0 Å². The molecule has 4 nitrogen and oxygen atoms in total. The molecule has 0 bridgehead atoms. The maximum Gasteiger partial charge on any atom is 0.233 e. The molecule has 1 heterocycles. The molecule has 0 amide bonds. The first-order valence-corrected chi connectivity index (χ1v) is 7.88. The summed E-state index contributed by atoms with van der Waals surface area (Å²) in [5, 5.41) is 11.6. The summed E-state index contributed by atoms with van der Waals surface area (Å²) in [4.78, 5) is 0. The van der Waals surface area contributed by atoms with Crippen LogP contribution in [0.5, 0.6) is 5.88 Å². The molecule has 0 aromatic carbocycles. The van der Waals surface area contributed by atoms with Crippen LogP contribution in [0.25, 0.3) is 0 Å². The second-order valence-electron chi connectivity index (χ2n) is 5.65. The molecule has 1 N–H and O–H groups in total. The maximum atomic E-state index is 5.59. The summed E-state index contributed by atoms with van der Waals surface area (Å²) in [6.45, 7) is 9.11. The van der Waals surface area contributed by atoms with Gasteiger partial charge in [0.1, 0.15) is 0 Å². The van der Waals surface area contributed by atoms with Gasteiger partial charge in [0.25, 0.3) is 0 Å². The first-order valence-electron chi connectivity index (χ1n) is 7.88. The van der Waals surface area contributed by atoms with Crippen molar-refractivity contribution in [2.24, 2.45) is 5.92 Å². The lowest BCUT2D eigenvalue weighted by molar-refractivity contribution is 0.289. The number of hydrogen-bond donors (Lipinski definition) is 1. The molecule has 1 rings (SSSR count). The van der Waals surface area contributed by atoms with Crippen LogP contribution in [-0.4, -0.2) is 23.3 Å². The molecule has 4 heteroatoms. The van der Waals surface area contributed by atoms with Crippen molar-refractivity contribution in [2.75, 3.05) is 13.2 Å². The number of ether oxygens (including phenoxy) is 1. The highest BCUT2D eigenvalue weighted by molar-refractivity contribution is 5.11. The summed E-state index contributed by atoms with van der Waals surface area (Å²) in [6.07, 6.45) is 6.22. The van der Waals surface area contributed by atoms with Crippen LogP contribution in [-0.2, 0) is 6.54 Å². The fraction of sp³-hybridized carbons (Fsp3) is 0.750. The van der Waals surface area contributed by atoms with Crippen molar-refractivity contribution >= 4 is 0 Å². The summed E-state index contributed by atoms with van der Waals surface area (Å²) in [6, 6.07) is 3.89. The predicted molar refractivity (Wildman–Crippen MR) is 82.8 cm³/mol. The number of aromatic nitrogens is 2. The van der Waals surface area contributed by atoms with Gasteiger partial charge >= 0.3 is 0 Å². The Morgan fingerprint density at radius 2 is 1.90 bits per heavy atom. The van der Waals surface area contributed by atoms with Gasteiger partial charge in [0, 0.05) is 12.6 Å². The Bertz CT molecular complexity index is 338. The lowest BCUT2D eigenvalue weighted by atomic mass is 10.2. The fourth-order valence-electron chi connectivity index (χ4n) is 1.89. The number of nitrogens with one attached hydrogen (secondary N) is 1. The zero-order valence-electron chi connectivity index (χ0n) is 13.2. The van der Waals surface area contributed by atoms with Crippen molar-refractivity contribution in [3.63, 3.8) is 0 Å². The van der Waals surface area contributed by atoms with E-state index in [0.29, 0.717) is 11.8 Å². The van der Waals surface area contributed by atoms with Crippen LogP contribution in [0.2, 0.25) is 0 Å². The molecule has 0 radical (unpaired) electrons. The van der Waals surface area contributed by atoms with Gasteiger partial charge in [-0.05, 0) is 24.9 Å². The quantitative estimate of drug-likeness (QED) is 0.629. The van der Waals surface area contributed by atoms with Crippen LogP contribution in [0.1, 0.15) is 58.6 Å². The minimum absolute atomic E-state index is 0.633. The van der Waals surface area contributed by atoms with Crippen molar-refractivity contribution in [1.29, 1.82) is 0 Å². The minimum Gasteiger partial charge on any atom is -0.477 e. The number of nitrogens with zero attached hydrogens (tertiary/aromatic N) is 2. The van der Waals surface area contributed by atoms with Gasteiger partial charge in [0.05, 0.1) is 12.3 Å². The van der Waals surface area contributed by atoms with Gasteiger partial charge in [0.15, 0.2) is 0 Å². The van der Waals surface area contributed by atoms with E-state index in [4.69, 9.17) is 4.74 Å². The van der Waals surface area contributed by atoms with Gasteiger partial charge < -0.3 is 10.1 Å². The Labute approximate surface area is 123 Å². The zero-order chi connectivity index (χ0) is 14.6. The van der Waals surface area contributed by atoms with E-state index >= 15 is 0 Å². The Hall–Kier alpha value is -1.16. The molecule has 0 spiro atoms. The molecular formula is C16H29N3O. The molecule has 0 unspecified atom stereocenters. The Balaban J connectivity index is 2.15. The fourth-order valence-corrected chi connectivity index (χ4v) is 1.89. The van der Waals surface area contributed by atoms with Crippen LogP contribution in [0.4, 0.5) is 0 Å². The average Bonchev–Trinajstić information content (AvgIpc) is 2.44. The van der Waals surface area contributed by atoms with Crippen LogP contribution < -0.4 is 10.1 Å². The van der Waals surface area contributed by atoms with E-state index in [1.165, 1.54) is 25.7 Å². The van der Waals surface area contributed by atoms with Crippen LogP contribution in [0.15, 0.2) is 12.1 Å². The van der Waals surface area contributed by atoms with Crippen molar-refractivity contribution < 1.29 is 4.74 Å². The van der Waals surface area contributed by atoms with Gasteiger partial charge in [-0.1, -0.05) is 46.5 Å². The SMILES string of the molecule is CCCCCCCOc1ccc(CNCC(C)C)nn1. The highest BCUT2D eigenvalue weighted by Gasteiger charge is 2.00. The number of rotatable bonds is 11. The topological polar surface area (TPSA) is 47.0 Å². The Morgan fingerprint density at radius 1 is 1.10 bits per heavy atom. The summed E-state index contributed by atoms with van der Waals surface area (Å²) >= 11 is 0. The minimum atomic E-state index is 0.633. The van der Waals surface area contributed by atoms with Gasteiger partial charge in [-0.3, -0.25) is 0 Å². The van der Waals surface area contributed by atoms with Gasteiger partial charge in [-0.15, -0.1) is 5.10 Å². The molecule has 20 heavy (non-hydrogen) atoms. The smallest absolute Gasteiger partial charge is 0.233 e. The number of unbranched alkanes of at least 4 members (excludes halogenated alkanes) is 4. The van der Waals surface area contributed by atoms with Gasteiger partial charge in [-0.25, -0.2) is 0 Å². The lowest BCUT2D eigenvalue weighted by Gasteiger charge is -2.07. The highest BCUT2D eigenvalue weighted by Crippen LogP contribution is 2.07. The highest BCUT2D eigenvalue weighted by atomic mass is 16.5. The second-order valence-corrected chi connectivity index (χ2v) is 5.65. The van der Waals surface area contributed by atoms with Crippen molar-refractivity contribution in [3.05, 3.63) is 17.8 Å². The standard InChI is InChI=1S/C16H29N3O/c1-4-5-6-7-8-11-20-16-10-9-15(18-19-16)13-17-12-14(2)3/h9-10,14,17H,4-8,11-13H2,1-3H3. The molecule has 114 valence electrons. The van der Waals surface area contributed by atoms with E-state index in [0.717, 1.165) is 31.8 Å². The monoisotopic (exact) mass is 279 g/mol. The Kier molecular flexibility index (Phi) is 8.96. The Morgan fingerprint density at radius 3 is 2.55 bits per heavy atom. The van der Waals surface area contributed by atoms with E-state index < -0.39 is 0 Å². The van der Waals surface area contributed by atoms with Crippen molar-refractivity contribution in [1.82, 2.24) is 15.5 Å². The van der Waals surface area contributed by atoms with Crippen LogP contribution in [0.3, 0.4) is 0 Å². The summed E-state index contributed by atoms with van der Waals surface area (Å²) in [5.74, 6) is 1.28. The van der Waals surface area contributed by atoms with E-state index in [1.807, 2.05) is 12.1 Å². The third-order valence-corrected chi connectivity index (χ3v) is 3.05. The molecule has 0 saturated carbocycles. The molecule has 0 fully saturated rings. The predicted octanol–water partition coefficient (Wildman–Crippen LogP) is 3.57. The van der Waals surface area contributed by atoms with Crippen LogP contribution in [0, 0.1) is 5.92 Å². The second kappa shape index (κ2) is 10.6. The summed E-state index contributed by atoms with van der Waals surface area (Å²) < 4.78 is 5.59. The summed E-state index contributed by atoms with van der Waals surface area (Å²) in [7, 11) is 0. The lowest BCUT2D eigenvalue weighted by Crippen LogP contribution is -2.19. The molecule has 0 aliphatic rings. The zero-order valence-corrected chi connectivity index (χ0v) is 13.2. The third kappa shape index (κ3) is 8.10. The third-order valence-electron chi connectivity index (χ3n) is 3.05. The first-order chi connectivity index (χ1) is 9.72. The van der Waals surface area contributed by atoms with Crippen LogP contribution >= 0.6 is 0 Å². The normalized spacial score (nSPS) is 11.0. The van der Waals surface area contributed by atoms with E-state index in [1.54, 1.807) is 0 Å². The molecule has 0 aliphatic carbocycles. The van der Waals surface area contributed by atoms with Gasteiger partial charge in [0.2, 0.25) is 5.88 Å². The maximum absolute atomic E-state index is 5.59. The summed E-state index contributed by atoms with van der Waals surface area (Å²) in [5.41, 5.74) is 0.959. The molecule has 1 aromatic heterocycles. The van der Waals surface area contributed by atoms with Gasteiger partial charge in [-0.2, -0.15) is 5.10 Å². The molecule has 0 aliphatic heterocycles. The van der Waals surface area contributed by atoms with Crippen molar-refractivity contribution in [2.45, 2.75) is 59.4 Å². The number of hydrogen-bond acceptors (Lipinski definition) is 4. The molecule has 1 aromatic rings.